The molecule has 2 heterocycles. The number of nitrogens with zero attached hydrogens (tertiary/aromatic N) is 3. The zero-order valence-electron chi connectivity index (χ0n) is 15.4. The Balaban J connectivity index is 1.56. The molecule has 8 nitrogen and oxygen atoms in total. The summed E-state index contributed by atoms with van der Waals surface area (Å²) in [6, 6.07) is 10.0. The van der Waals surface area contributed by atoms with Crippen molar-refractivity contribution in [3.8, 4) is 0 Å². The average Bonchev–Trinajstić information content (AvgIpc) is 2.69. The maximum absolute atomic E-state index is 12.5. The summed E-state index contributed by atoms with van der Waals surface area (Å²) in [6.07, 6.45) is 3.07. The van der Waals surface area contributed by atoms with Crippen molar-refractivity contribution in [2.24, 2.45) is 0 Å². The standard InChI is InChI=1S/C18H18Cl2N6O2S/c1-12-8-15(14(20)9-13(12)19)29(27,28)25-7-6-22-17-10-18(24-11-23-17)26-16-4-2-3-5-21-16/h2-5,8-11,25H,6-7H2,1H3,(H2,21,22,23,24,26). The van der Waals surface area contributed by atoms with Crippen LogP contribution in [0.25, 0.3) is 0 Å². The first-order valence-electron chi connectivity index (χ1n) is 8.54. The van der Waals surface area contributed by atoms with Gasteiger partial charge >= 0.3 is 0 Å². The van der Waals surface area contributed by atoms with Gasteiger partial charge in [0.2, 0.25) is 10.0 Å². The van der Waals surface area contributed by atoms with Crippen molar-refractivity contribution in [2.45, 2.75) is 11.8 Å². The third-order valence-electron chi connectivity index (χ3n) is 3.81. The Kier molecular flexibility index (Phi) is 6.86. The van der Waals surface area contributed by atoms with Crippen LogP contribution in [0.3, 0.4) is 0 Å². The molecule has 0 fully saturated rings. The summed E-state index contributed by atoms with van der Waals surface area (Å²) in [6.45, 7) is 2.15. The topological polar surface area (TPSA) is 109 Å². The molecule has 2 aromatic heterocycles. The van der Waals surface area contributed by atoms with E-state index < -0.39 is 10.0 Å². The minimum absolute atomic E-state index is 0.00931. The maximum atomic E-state index is 12.5. The lowest BCUT2D eigenvalue weighted by atomic mass is 10.2. The molecule has 0 unspecified atom stereocenters. The lowest BCUT2D eigenvalue weighted by Crippen LogP contribution is -2.29. The Bertz CT molecular complexity index is 1100. The van der Waals surface area contributed by atoms with Gasteiger partial charge in [-0.15, -0.1) is 0 Å². The van der Waals surface area contributed by atoms with Crippen molar-refractivity contribution in [3.63, 3.8) is 0 Å². The van der Waals surface area contributed by atoms with Crippen molar-refractivity contribution < 1.29 is 8.42 Å². The quantitative estimate of drug-likeness (QED) is 0.447. The molecule has 11 heteroatoms. The summed E-state index contributed by atoms with van der Waals surface area (Å²) in [5.41, 5.74) is 0.628. The monoisotopic (exact) mass is 452 g/mol. The molecular weight excluding hydrogens is 435 g/mol. The highest BCUT2D eigenvalue weighted by molar-refractivity contribution is 7.89. The van der Waals surface area contributed by atoms with Crippen LogP contribution in [0.4, 0.5) is 17.5 Å². The number of rotatable bonds is 8. The molecule has 0 spiro atoms. The van der Waals surface area contributed by atoms with Gasteiger partial charge in [0, 0.05) is 30.4 Å². The zero-order chi connectivity index (χ0) is 20.9. The summed E-state index contributed by atoms with van der Waals surface area (Å²) in [5.74, 6) is 1.75. The van der Waals surface area contributed by atoms with Crippen LogP contribution in [0.15, 0.2) is 53.8 Å². The highest BCUT2D eigenvalue weighted by Gasteiger charge is 2.18. The largest absolute Gasteiger partial charge is 0.369 e. The number of anilines is 3. The van der Waals surface area contributed by atoms with Gasteiger partial charge in [-0.2, -0.15) is 0 Å². The molecule has 3 rings (SSSR count). The Morgan fingerprint density at radius 2 is 1.72 bits per heavy atom. The van der Waals surface area contributed by atoms with E-state index in [9.17, 15) is 8.42 Å². The molecule has 0 aliphatic carbocycles. The number of hydrogen-bond acceptors (Lipinski definition) is 7. The number of aryl methyl sites for hydroxylation is 1. The number of halogens is 2. The fraction of sp³-hybridized carbons (Fsp3) is 0.167. The van der Waals surface area contributed by atoms with Crippen LogP contribution < -0.4 is 15.4 Å². The smallest absolute Gasteiger partial charge is 0.242 e. The Morgan fingerprint density at radius 1 is 0.931 bits per heavy atom. The predicted molar refractivity (Wildman–Crippen MR) is 114 cm³/mol. The number of benzene rings is 1. The average molecular weight is 453 g/mol. The Labute approximate surface area is 178 Å². The second-order valence-electron chi connectivity index (χ2n) is 5.98. The summed E-state index contributed by atoms with van der Waals surface area (Å²) in [5, 5.41) is 6.58. The Hall–Kier alpha value is -2.46. The van der Waals surface area contributed by atoms with Gasteiger partial charge < -0.3 is 10.6 Å². The summed E-state index contributed by atoms with van der Waals surface area (Å²) < 4.78 is 27.5. The maximum Gasteiger partial charge on any atom is 0.242 e. The molecule has 0 saturated carbocycles. The van der Waals surface area contributed by atoms with Crippen LogP contribution in [0.1, 0.15) is 5.56 Å². The van der Waals surface area contributed by atoms with Gasteiger partial charge in [0.1, 0.15) is 28.7 Å². The molecule has 0 atom stereocenters. The molecule has 0 amide bonds. The SMILES string of the molecule is Cc1cc(S(=O)(=O)NCCNc2cc(Nc3ccccn3)ncn2)c(Cl)cc1Cl. The summed E-state index contributed by atoms with van der Waals surface area (Å²) in [7, 11) is -3.77. The molecule has 0 saturated heterocycles. The highest BCUT2D eigenvalue weighted by atomic mass is 35.5. The van der Waals surface area contributed by atoms with E-state index in [0.717, 1.165) is 0 Å². The van der Waals surface area contributed by atoms with E-state index in [1.54, 1.807) is 19.2 Å². The zero-order valence-corrected chi connectivity index (χ0v) is 17.7. The fourth-order valence-corrected chi connectivity index (χ4v) is 4.24. The van der Waals surface area contributed by atoms with Gasteiger partial charge in [-0.1, -0.05) is 29.3 Å². The van der Waals surface area contributed by atoms with Crippen LogP contribution in [0.5, 0.6) is 0 Å². The van der Waals surface area contributed by atoms with Crippen molar-refractivity contribution in [3.05, 3.63) is 64.5 Å². The van der Waals surface area contributed by atoms with Crippen molar-refractivity contribution >= 4 is 50.7 Å². The minimum atomic E-state index is -3.77. The van der Waals surface area contributed by atoms with Gasteiger partial charge in [0.15, 0.2) is 0 Å². The molecule has 1 aromatic carbocycles. The van der Waals surface area contributed by atoms with Crippen molar-refractivity contribution in [1.29, 1.82) is 0 Å². The molecule has 152 valence electrons. The van der Waals surface area contributed by atoms with Gasteiger partial charge in [-0.05, 0) is 36.8 Å². The van der Waals surface area contributed by atoms with E-state index in [1.165, 1.54) is 18.5 Å². The molecular formula is C18H18Cl2N6O2S. The molecule has 0 radical (unpaired) electrons. The van der Waals surface area contributed by atoms with Crippen molar-refractivity contribution in [1.82, 2.24) is 19.7 Å². The highest BCUT2D eigenvalue weighted by Crippen LogP contribution is 2.28. The fourth-order valence-electron chi connectivity index (χ4n) is 2.38. The van der Waals surface area contributed by atoms with Gasteiger partial charge in [0.25, 0.3) is 0 Å². The van der Waals surface area contributed by atoms with Crippen LogP contribution in [-0.2, 0) is 10.0 Å². The number of hydrogen-bond donors (Lipinski definition) is 3. The van der Waals surface area contributed by atoms with Gasteiger partial charge in [-0.25, -0.2) is 28.1 Å². The van der Waals surface area contributed by atoms with Crippen molar-refractivity contribution in [2.75, 3.05) is 23.7 Å². The lowest BCUT2D eigenvalue weighted by Gasteiger charge is -2.11. The van der Waals surface area contributed by atoms with Crippen LogP contribution in [0.2, 0.25) is 10.0 Å². The van der Waals surface area contributed by atoms with Gasteiger partial charge in [-0.3, -0.25) is 0 Å². The summed E-state index contributed by atoms with van der Waals surface area (Å²) >= 11 is 12.0. The minimum Gasteiger partial charge on any atom is -0.369 e. The molecule has 0 aliphatic heterocycles. The van der Waals surface area contributed by atoms with E-state index in [1.807, 2.05) is 18.2 Å². The molecule has 3 N–H and O–H groups in total. The van der Waals surface area contributed by atoms with Crippen LogP contribution >= 0.6 is 23.2 Å². The third kappa shape index (κ3) is 5.77. The Morgan fingerprint density at radius 3 is 2.48 bits per heavy atom. The number of aromatic nitrogens is 3. The van der Waals surface area contributed by atoms with Crippen LogP contribution in [0, 0.1) is 6.92 Å². The lowest BCUT2D eigenvalue weighted by molar-refractivity contribution is 0.583. The van der Waals surface area contributed by atoms with E-state index in [0.29, 0.717) is 34.6 Å². The number of nitrogens with one attached hydrogen (secondary N) is 3. The molecule has 0 aliphatic rings. The van der Waals surface area contributed by atoms with Gasteiger partial charge in [0.05, 0.1) is 5.02 Å². The third-order valence-corrected chi connectivity index (χ3v) is 6.15. The summed E-state index contributed by atoms with van der Waals surface area (Å²) in [4.78, 5) is 12.4. The second kappa shape index (κ2) is 9.36. The normalized spacial score (nSPS) is 11.3. The van der Waals surface area contributed by atoms with E-state index in [-0.39, 0.29) is 16.5 Å². The second-order valence-corrected chi connectivity index (χ2v) is 8.53. The number of sulfonamides is 1. The van der Waals surface area contributed by atoms with E-state index in [2.05, 4.69) is 30.3 Å². The molecule has 0 bridgehead atoms. The molecule has 29 heavy (non-hydrogen) atoms. The molecule has 3 aromatic rings. The van der Waals surface area contributed by atoms with E-state index >= 15 is 0 Å². The number of pyridine rings is 1. The first-order valence-corrected chi connectivity index (χ1v) is 10.8. The van der Waals surface area contributed by atoms with Crippen LogP contribution in [-0.4, -0.2) is 36.5 Å². The predicted octanol–water partition coefficient (Wildman–Crippen LogP) is 3.62. The first-order chi connectivity index (χ1) is 13.8. The van der Waals surface area contributed by atoms with E-state index in [4.69, 9.17) is 23.2 Å². The first kappa shape index (κ1) is 21.3.